The van der Waals surface area contributed by atoms with Crippen molar-refractivity contribution in [2.75, 3.05) is 38.1 Å². The summed E-state index contributed by atoms with van der Waals surface area (Å²) >= 11 is 0. The molecule has 1 fully saturated rings. The van der Waals surface area contributed by atoms with Gasteiger partial charge >= 0.3 is 0 Å². The summed E-state index contributed by atoms with van der Waals surface area (Å²) in [6.07, 6.45) is 3.95. The van der Waals surface area contributed by atoms with Crippen LogP contribution in [-0.2, 0) is 0 Å². The van der Waals surface area contributed by atoms with E-state index >= 15 is 0 Å². The number of hydrogen-bond acceptors (Lipinski definition) is 4. The van der Waals surface area contributed by atoms with Gasteiger partial charge in [-0.05, 0) is 43.8 Å². The van der Waals surface area contributed by atoms with E-state index in [-0.39, 0.29) is 0 Å². The minimum absolute atomic E-state index is 0.943. The number of anilines is 1. The second kappa shape index (κ2) is 5.66. The van der Waals surface area contributed by atoms with Gasteiger partial charge in [0, 0.05) is 55.2 Å². The van der Waals surface area contributed by atoms with Crippen LogP contribution in [-0.4, -0.2) is 53.1 Å². The van der Waals surface area contributed by atoms with Gasteiger partial charge in [0.2, 0.25) is 0 Å². The van der Waals surface area contributed by atoms with Crippen LogP contribution in [0.1, 0.15) is 5.69 Å². The third-order valence-electron chi connectivity index (χ3n) is 4.56. The number of nitrogens with one attached hydrogen (secondary N) is 1. The Kier molecular flexibility index (Phi) is 3.50. The van der Waals surface area contributed by atoms with Crippen LogP contribution in [0.3, 0.4) is 0 Å². The molecule has 0 aliphatic carbocycles. The topological polar surface area (TPSA) is 48.1 Å². The third kappa shape index (κ3) is 2.68. The van der Waals surface area contributed by atoms with E-state index in [4.69, 9.17) is 0 Å². The maximum Gasteiger partial charge on any atom is 0.138 e. The summed E-state index contributed by atoms with van der Waals surface area (Å²) in [6.45, 7) is 6.24. The molecule has 5 nitrogen and oxygen atoms in total. The molecule has 3 aromatic rings. The highest BCUT2D eigenvalue weighted by Gasteiger charge is 2.16. The smallest absolute Gasteiger partial charge is 0.138 e. The van der Waals surface area contributed by atoms with Crippen LogP contribution in [0, 0.1) is 6.92 Å². The Bertz CT molecular complexity index is 830. The molecule has 1 aliphatic heterocycles. The molecule has 23 heavy (non-hydrogen) atoms. The van der Waals surface area contributed by atoms with Gasteiger partial charge in [0.1, 0.15) is 11.5 Å². The van der Waals surface area contributed by atoms with Gasteiger partial charge < -0.3 is 14.8 Å². The van der Waals surface area contributed by atoms with E-state index in [2.05, 4.69) is 56.1 Å². The summed E-state index contributed by atoms with van der Waals surface area (Å²) in [6, 6.07) is 8.46. The number of fused-ring (bicyclic) bond motifs is 1. The van der Waals surface area contributed by atoms with Crippen molar-refractivity contribution >= 4 is 16.9 Å². The maximum atomic E-state index is 4.57. The van der Waals surface area contributed by atoms with E-state index in [1.807, 2.05) is 19.3 Å². The SMILES string of the molecule is Cc1ccc2c(-c3ccnc(N4CCN(C)CC4)c3)c[nH]c2n1. The van der Waals surface area contributed by atoms with Gasteiger partial charge in [-0.2, -0.15) is 0 Å². The lowest BCUT2D eigenvalue weighted by Crippen LogP contribution is -2.44. The zero-order chi connectivity index (χ0) is 15.8. The molecule has 0 aromatic carbocycles. The highest BCUT2D eigenvalue weighted by Crippen LogP contribution is 2.29. The monoisotopic (exact) mass is 307 g/mol. The van der Waals surface area contributed by atoms with Crippen LogP contribution in [0.5, 0.6) is 0 Å². The fourth-order valence-electron chi connectivity index (χ4n) is 3.14. The van der Waals surface area contributed by atoms with Crippen LogP contribution in [0.15, 0.2) is 36.7 Å². The Morgan fingerprint density at radius 3 is 2.74 bits per heavy atom. The fourth-order valence-corrected chi connectivity index (χ4v) is 3.14. The van der Waals surface area contributed by atoms with E-state index in [1.165, 1.54) is 11.1 Å². The van der Waals surface area contributed by atoms with Crippen molar-refractivity contribution in [3.05, 3.63) is 42.4 Å². The third-order valence-corrected chi connectivity index (χ3v) is 4.56. The van der Waals surface area contributed by atoms with Gasteiger partial charge in [0.15, 0.2) is 0 Å². The predicted molar refractivity (Wildman–Crippen MR) is 93.8 cm³/mol. The van der Waals surface area contributed by atoms with Crippen LogP contribution in [0.25, 0.3) is 22.2 Å². The molecule has 5 heteroatoms. The number of aromatic nitrogens is 3. The summed E-state index contributed by atoms with van der Waals surface area (Å²) in [7, 11) is 2.17. The first-order valence-corrected chi connectivity index (χ1v) is 8.05. The molecule has 118 valence electrons. The Labute approximate surface area is 136 Å². The molecule has 0 atom stereocenters. The highest BCUT2D eigenvalue weighted by atomic mass is 15.3. The van der Waals surface area contributed by atoms with E-state index in [1.54, 1.807) is 0 Å². The summed E-state index contributed by atoms with van der Waals surface area (Å²) in [5, 5.41) is 1.16. The van der Waals surface area contributed by atoms with E-state index in [0.717, 1.165) is 48.7 Å². The van der Waals surface area contributed by atoms with E-state index in [0.29, 0.717) is 0 Å². The van der Waals surface area contributed by atoms with Gasteiger partial charge in [-0.15, -0.1) is 0 Å². The summed E-state index contributed by atoms with van der Waals surface area (Å²) in [5.74, 6) is 1.06. The molecule has 0 spiro atoms. The largest absolute Gasteiger partial charge is 0.354 e. The lowest BCUT2D eigenvalue weighted by Gasteiger charge is -2.33. The van der Waals surface area contributed by atoms with E-state index in [9.17, 15) is 0 Å². The van der Waals surface area contributed by atoms with Crippen LogP contribution in [0.2, 0.25) is 0 Å². The van der Waals surface area contributed by atoms with Crippen molar-refractivity contribution in [1.29, 1.82) is 0 Å². The molecule has 0 saturated carbocycles. The first kappa shape index (κ1) is 14.2. The second-order valence-corrected chi connectivity index (χ2v) is 6.24. The van der Waals surface area contributed by atoms with E-state index < -0.39 is 0 Å². The van der Waals surface area contributed by atoms with Crippen molar-refractivity contribution in [1.82, 2.24) is 19.9 Å². The molecule has 0 bridgehead atoms. The molecule has 4 heterocycles. The van der Waals surface area contributed by atoms with Gasteiger partial charge in [-0.1, -0.05) is 0 Å². The number of hydrogen-bond donors (Lipinski definition) is 1. The molecule has 0 radical (unpaired) electrons. The zero-order valence-electron chi connectivity index (χ0n) is 13.6. The van der Waals surface area contributed by atoms with Gasteiger partial charge in [0.05, 0.1) is 0 Å². The molecule has 1 aliphatic rings. The average molecular weight is 307 g/mol. The first-order valence-electron chi connectivity index (χ1n) is 8.05. The Morgan fingerprint density at radius 2 is 1.91 bits per heavy atom. The number of H-pyrrole nitrogens is 1. The average Bonchev–Trinajstić information content (AvgIpc) is 2.98. The predicted octanol–water partition coefficient (Wildman–Crippen LogP) is 2.69. The quantitative estimate of drug-likeness (QED) is 0.791. The number of piperazine rings is 1. The molecular weight excluding hydrogens is 286 g/mol. The first-order chi connectivity index (χ1) is 11.2. The molecule has 1 saturated heterocycles. The van der Waals surface area contributed by atoms with Crippen molar-refractivity contribution in [3.8, 4) is 11.1 Å². The minimum atomic E-state index is 0.943. The molecule has 0 amide bonds. The number of aromatic amines is 1. The van der Waals surface area contributed by atoms with Gasteiger partial charge in [-0.3, -0.25) is 0 Å². The zero-order valence-corrected chi connectivity index (χ0v) is 13.6. The molecule has 0 unspecified atom stereocenters. The summed E-state index contributed by atoms with van der Waals surface area (Å²) < 4.78 is 0. The van der Waals surface area contributed by atoms with Crippen molar-refractivity contribution in [2.24, 2.45) is 0 Å². The fraction of sp³-hybridized carbons (Fsp3) is 0.333. The molecular formula is C18H21N5. The highest BCUT2D eigenvalue weighted by molar-refractivity contribution is 5.94. The van der Waals surface area contributed by atoms with Crippen molar-refractivity contribution in [2.45, 2.75) is 6.92 Å². The minimum Gasteiger partial charge on any atom is -0.354 e. The normalized spacial score (nSPS) is 16.2. The Balaban J connectivity index is 1.70. The van der Waals surface area contributed by atoms with Crippen molar-refractivity contribution < 1.29 is 0 Å². The summed E-state index contributed by atoms with van der Waals surface area (Å²) in [5.41, 5.74) is 4.34. The molecule has 1 N–H and O–H groups in total. The lowest BCUT2D eigenvalue weighted by atomic mass is 10.1. The van der Waals surface area contributed by atoms with Crippen molar-refractivity contribution in [3.63, 3.8) is 0 Å². The summed E-state index contributed by atoms with van der Waals surface area (Å²) in [4.78, 5) is 17.1. The Morgan fingerprint density at radius 1 is 1.09 bits per heavy atom. The number of likely N-dealkylation sites (N-methyl/N-ethyl adjacent to an activating group) is 1. The van der Waals surface area contributed by atoms with Gasteiger partial charge in [-0.25, -0.2) is 9.97 Å². The number of aryl methyl sites for hydroxylation is 1. The number of rotatable bonds is 2. The van der Waals surface area contributed by atoms with Crippen LogP contribution >= 0.6 is 0 Å². The standard InChI is InChI=1S/C18H21N5/c1-13-3-4-15-16(12-20-18(15)21-13)14-5-6-19-17(11-14)23-9-7-22(2)8-10-23/h3-6,11-12H,7-10H2,1-2H3,(H,20,21). The van der Waals surface area contributed by atoms with Crippen LogP contribution in [0.4, 0.5) is 5.82 Å². The van der Waals surface area contributed by atoms with Gasteiger partial charge in [0.25, 0.3) is 0 Å². The molecule has 3 aromatic heterocycles. The maximum absolute atomic E-state index is 4.57. The number of nitrogens with zero attached hydrogens (tertiary/aromatic N) is 4. The lowest BCUT2D eigenvalue weighted by molar-refractivity contribution is 0.312. The van der Waals surface area contributed by atoms with Crippen LogP contribution < -0.4 is 4.90 Å². The Hall–Kier alpha value is -2.40. The second-order valence-electron chi connectivity index (χ2n) is 6.24. The molecule has 4 rings (SSSR count). The number of pyridine rings is 2.